The Bertz CT molecular complexity index is 339. The molecule has 14 heavy (non-hydrogen) atoms. The van der Waals surface area contributed by atoms with Crippen molar-refractivity contribution in [3.05, 3.63) is 48.7 Å². The molecule has 2 heteroatoms. The van der Waals surface area contributed by atoms with E-state index in [1.807, 2.05) is 12.1 Å². The zero-order valence-electron chi connectivity index (χ0n) is 8.85. The van der Waals surface area contributed by atoms with Crippen LogP contribution in [-0.2, 0) is 13.0 Å². The van der Waals surface area contributed by atoms with Crippen molar-refractivity contribution in [2.75, 3.05) is 6.54 Å². The van der Waals surface area contributed by atoms with Gasteiger partial charge in [0.05, 0.1) is 0 Å². The summed E-state index contributed by atoms with van der Waals surface area (Å²) in [5.74, 6) is 2.40. The van der Waals surface area contributed by atoms with Crippen LogP contribution in [0.2, 0.25) is 0 Å². The van der Waals surface area contributed by atoms with Gasteiger partial charge < -0.3 is 19.2 Å². The Kier molecular flexibility index (Phi) is 6.97. The van der Waals surface area contributed by atoms with Gasteiger partial charge >= 0.3 is 51.4 Å². The number of hydrogen-bond donors (Lipinski definition) is 1. The summed E-state index contributed by atoms with van der Waals surface area (Å²) in [6, 6.07) is 6.10. The van der Waals surface area contributed by atoms with Gasteiger partial charge in [0.1, 0.15) is 0 Å². The van der Waals surface area contributed by atoms with E-state index >= 15 is 0 Å². The molecule has 0 unspecified atom stereocenters. The second-order valence-electron chi connectivity index (χ2n) is 3.04. The average Bonchev–Trinajstić information content (AvgIpc) is 2.17. The number of nitrogens with one attached hydrogen (secondary N) is 1. The van der Waals surface area contributed by atoms with E-state index in [0.29, 0.717) is 0 Å². The minimum Gasteiger partial charge on any atom is -0.366 e. The number of fused-ring (bicyclic) bond motifs is 1. The first-order valence-electron chi connectivity index (χ1n) is 4.15. The Morgan fingerprint density at radius 3 is 2.79 bits per heavy atom. The van der Waals surface area contributed by atoms with Crippen LogP contribution in [-0.4, -0.2) is 6.54 Å². The zero-order chi connectivity index (χ0) is 8.39. The van der Waals surface area contributed by atoms with Crippen LogP contribution in [0.3, 0.4) is 0 Å². The smallest absolute Gasteiger partial charge is 0.366 e. The van der Waals surface area contributed by atoms with E-state index in [1.165, 1.54) is 11.1 Å². The summed E-state index contributed by atoms with van der Waals surface area (Å²) < 4.78 is 0. The molecular weight excluding hydrogens is 197 g/mol. The molecular formula is C12H13KN-. The van der Waals surface area contributed by atoms with Crippen LogP contribution in [0.15, 0.2) is 18.2 Å². The molecule has 0 saturated carbocycles. The van der Waals surface area contributed by atoms with Crippen molar-refractivity contribution < 1.29 is 51.4 Å². The molecule has 0 fully saturated rings. The van der Waals surface area contributed by atoms with Crippen LogP contribution in [0.25, 0.3) is 0 Å². The largest absolute Gasteiger partial charge is 1.00 e. The number of hydrogen-bond acceptors (Lipinski definition) is 1. The first kappa shape index (κ1) is 14.4. The summed E-state index contributed by atoms with van der Waals surface area (Å²) in [5.41, 5.74) is 3.60. The van der Waals surface area contributed by atoms with Crippen molar-refractivity contribution in [1.29, 1.82) is 0 Å². The zero-order valence-corrected chi connectivity index (χ0v) is 12.0. The van der Waals surface area contributed by atoms with Crippen LogP contribution in [0.1, 0.15) is 16.7 Å². The van der Waals surface area contributed by atoms with Gasteiger partial charge in [-0.15, -0.1) is 17.7 Å². The molecule has 1 N–H and O–H groups in total. The summed E-state index contributed by atoms with van der Waals surface area (Å²) in [5, 5.41) is 3.30. The maximum absolute atomic E-state index is 6.99. The molecule has 0 atom stereocenters. The quantitative estimate of drug-likeness (QED) is 0.320. The van der Waals surface area contributed by atoms with E-state index in [0.717, 1.165) is 25.1 Å². The van der Waals surface area contributed by atoms with Crippen LogP contribution >= 0.6 is 0 Å². The Labute approximate surface area is 129 Å². The molecule has 1 aromatic carbocycles. The third kappa shape index (κ3) is 3.20. The van der Waals surface area contributed by atoms with Crippen LogP contribution < -0.4 is 56.7 Å². The van der Waals surface area contributed by atoms with Gasteiger partial charge in [0.25, 0.3) is 0 Å². The van der Waals surface area contributed by atoms with Crippen molar-refractivity contribution >= 4 is 0 Å². The van der Waals surface area contributed by atoms with E-state index < -0.39 is 0 Å². The van der Waals surface area contributed by atoms with Crippen LogP contribution in [0.5, 0.6) is 0 Å². The van der Waals surface area contributed by atoms with Crippen LogP contribution in [0, 0.1) is 19.8 Å². The van der Waals surface area contributed by atoms with Gasteiger partial charge in [-0.2, -0.15) is 0 Å². The van der Waals surface area contributed by atoms with Gasteiger partial charge in [-0.1, -0.05) is 6.07 Å². The van der Waals surface area contributed by atoms with Crippen molar-refractivity contribution in [3.8, 4) is 5.92 Å². The molecule has 0 spiro atoms. The summed E-state index contributed by atoms with van der Waals surface area (Å²) in [7, 11) is 0. The van der Waals surface area contributed by atoms with Gasteiger partial charge in [-0.25, -0.2) is 0 Å². The maximum Gasteiger partial charge on any atom is 1.00 e. The number of rotatable bonds is 0. The average molecular weight is 210 g/mol. The molecule has 1 aliphatic rings. The fourth-order valence-electron chi connectivity index (χ4n) is 1.56. The van der Waals surface area contributed by atoms with E-state index in [2.05, 4.69) is 17.3 Å². The van der Waals surface area contributed by atoms with Crippen molar-refractivity contribution in [2.45, 2.75) is 13.0 Å². The van der Waals surface area contributed by atoms with Gasteiger partial charge in [0.2, 0.25) is 0 Å². The van der Waals surface area contributed by atoms with Gasteiger partial charge in [-0.3, -0.25) is 5.92 Å². The summed E-state index contributed by atoms with van der Waals surface area (Å²) in [6.07, 6.45) is 8.10. The van der Waals surface area contributed by atoms with E-state index in [-0.39, 0.29) is 58.8 Å². The Morgan fingerprint density at radius 2 is 2.07 bits per heavy atom. The molecule has 0 saturated heterocycles. The second kappa shape index (κ2) is 6.79. The van der Waals surface area contributed by atoms with Gasteiger partial charge in [0.15, 0.2) is 0 Å². The normalized spacial score (nSPS) is 12.8. The predicted octanol–water partition coefficient (Wildman–Crippen LogP) is -1.28. The fraction of sp³-hybridized carbons (Fsp3) is 0.250. The van der Waals surface area contributed by atoms with Crippen molar-refractivity contribution in [1.82, 2.24) is 5.32 Å². The Hall–Kier alpha value is 0.376. The van der Waals surface area contributed by atoms with Gasteiger partial charge in [-0.05, 0) is 24.1 Å². The molecule has 0 aromatic heterocycles. The van der Waals surface area contributed by atoms with Crippen LogP contribution in [0.4, 0.5) is 0 Å². The van der Waals surface area contributed by atoms with E-state index in [1.54, 1.807) is 0 Å². The standard InChI is InChI=1S/C11H10N.CH3.K/c1-2-9-3-4-10-5-6-12-8-11(10)7-9;;/h3-4,7,12H,5-6,8H2;1H3;/q2*-1;+1. The Balaban J connectivity index is 0.000000845. The SMILES string of the molecule is [C-]#Cc1ccc2c(c1)CNCC2.[CH3-].[K+]. The summed E-state index contributed by atoms with van der Waals surface area (Å²) in [4.78, 5) is 0. The molecule has 1 nitrogen and oxygen atoms in total. The molecule has 1 aromatic rings. The fourth-order valence-corrected chi connectivity index (χ4v) is 1.56. The first-order chi connectivity index (χ1) is 5.90. The summed E-state index contributed by atoms with van der Waals surface area (Å²) >= 11 is 0. The predicted molar refractivity (Wildman–Crippen MR) is 54.5 cm³/mol. The van der Waals surface area contributed by atoms with Crippen molar-refractivity contribution in [2.24, 2.45) is 0 Å². The van der Waals surface area contributed by atoms with Crippen molar-refractivity contribution in [3.63, 3.8) is 0 Å². The molecule has 0 bridgehead atoms. The third-order valence-corrected chi connectivity index (χ3v) is 2.24. The third-order valence-electron chi connectivity index (χ3n) is 2.24. The first-order valence-corrected chi connectivity index (χ1v) is 4.15. The topological polar surface area (TPSA) is 12.0 Å². The maximum atomic E-state index is 6.99. The molecule has 0 amide bonds. The molecule has 0 aliphatic carbocycles. The molecule has 1 heterocycles. The second-order valence-corrected chi connectivity index (χ2v) is 3.04. The van der Waals surface area contributed by atoms with E-state index in [9.17, 15) is 0 Å². The Morgan fingerprint density at radius 1 is 1.29 bits per heavy atom. The molecule has 2 rings (SSSR count). The number of benzene rings is 1. The molecule has 0 radical (unpaired) electrons. The monoisotopic (exact) mass is 210 g/mol. The minimum absolute atomic E-state index is 0. The molecule has 68 valence electrons. The minimum atomic E-state index is 0. The molecule has 1 aliphatic heterocycles. The summed E-state index contributed by atoms with van der Waals surface area (Å²) in [6.45, 7) is 2.01. The van der Waals surface area contributed by atoms with E-state index in [4.69, 9.17) is 6.42 Å². The van der Waals surface area contributed by atoms with Gasteiger partial charge in [0, 0.05) is 6.54 Å².